The van der Waals surface area contributed by atoms with Crippen molar-refractivity contribution in [1.82, 2.24) is 4.98 Å². The molecule has 2 aromatic rings. The van der Waals surface area contributed by atoms with Crippen molar-refractivity contribution in [2.45, 2.75) is 0 Å². The first-order chi connectivity index (χ1) is 8.97. The maximum atomic E-state index is 13.7. The number of carboxylic acids is 1. The molecule has 0 radical (unpaired) electrons. The Kier molecular flexibility index (Phi) is 3.37. The molecule has 0 atom stereocenters. The van der Waals surface area contributed by atoms with E-state index in [-0.39, 0.29) is 17.1 Å². The zero-order valence-corrected chi connectivity index (χ0v) is 10.0. The molecule has 1 aromatic heterocycles. The highest BCUT2D eigenvalue weighted by atomic mass is 19.1. The average Bonchev–Trinajstić information content (AvgIpc) is 2.32. The van der Waals surface area contributed by atoms with Crippen LogP contribution in [0.15, 0.2) is 35.1 Å². The van der Waals surface area contributed by atoms with Crippen LogP contribution < -0.4 is 16.3 Å². The molecule has 2 rings (SSSR count). The first-order valence-electron chi connectivity index (χ1n) is 5.47. The highest BCUT2D eigenvalue weighted by molar-refractivity contribution is 6.32. The van der Waals surface area contributed by atoms with Crippen LogP contribution in [0.1, 0.15) is 10.4 Å². The molecule has 3 N–H and O–H groups in total. The highest BCUT2D eigenvalue weighted by Gasteiger charge is 2.12. The third-order valence-corrected chi connectivity index (χ3v) is 2.53. The Morgan fingerprint density at radius 2 is 2.05 bits per heavy atom. The van der Waals surface area contributed by atoms with Gasteiger partial charge < -0.3 is 15.4 Å². The van der Waals surface area contributed by atoms with Gasteiger partial charge in [-0.2, -0.15) is 0 Å². The van der Waals surface area contributed by atoms with Crippen LogP contribution in [0.3, 0.4) is 0 Å². The summed E-state index contributed by atoms with van der Waals surface area (Å²) < 4.78 is 13.7. The number of halogens is 1. The van der Waals surface area contributed by atoms with Crippen LogP contribution in [0.4, 0.5) is 15.9 Å². The van der Waals surface area contributed by atoms with Gasteiger partial charge in [0, 0.05) is 6.07 Å². The van der Waals surface area contributed by atoms with Crippen molar-refractivity contribution in [2.75, 3.05) is 5.32 Å². The molecule has 0 bridgehead atoms. The van der Waals surface area contributed by atoms with E-state index in [9.17, 15) is 14.0 Å². The molecule has 5 nitrogen and oxygen atoms in total. The molecule has 1 aromatic carbocycles. The number of pyridine rings is 1. The summed E-state index contributed by atoms with van der Waals surface area (Å²) in [7, 11) is 1.74. The topological polar surface area (TPSA) is 82.2 Å². The van der Waals surface area contributed by atoms with Crippen molar-refractivity contribution in [1.29, 1.82) is 0 Å². The summed E-state index contributed by atoms with van der Waals surface area (Å²) in [6, 6.07) is 6.72. The Labute approximate surface area is 108 Å². The molecule has 0 aliphatic heterocycles. The van der Waals surface area contributed by atoms with Crippen LogP contribution >= 0.6 is 0 Å². The number of H-pyrrole nitrogens is 1. The summed E-state index contributed by atoms with van der Waals surface area (Å²) in [5, 5.41) is 11.6. The Morgan fingerprint density at radius 1 is 1.32 bits per heavy atom. The van der Waals surface area contributed by atoms with Gasteiger partial charge in [-0.15, -0.1) is 0 Å². The number of carbonyl (C=O) groups is 1. The standard InChI is InChI=1S/C12H10BFN2O3/c13-6-1-3-9(8(14)5-6)15-11-7(12(18)19)2-4-10(17)16-11/h1-5H,13H2,(H,18,19)(H2,15,16,17). The van der Waals surface area contributed by atoms with E-state index in [4.69, 9.17) is 5.11 Å². The molecule has 0 aliphatic rings. The van der Waals surface area contributed by atoms with E-state index >= 15 is 0 Å². The normalized spacial score (nSPS) is 10.2. The number of rotatable bonds is 3. The summed E-state index contributed by atoms with van der Waals surface area (Å²) in [6.07, 6.45) is 0. The van der Waals surface area contributed by atoms with Gasteiger partial charge >= 0.3 is 5.97 Å². The SMILES string of the molecule is Bc1ccc(Nc2[nH]c(=O)ccc2C(=O)O)c(F)c1. The minimum absolute atomic E-state index is 0.0530. The van der Waals surface area contributed by atoms with E-state index in [0.29, 0.717) is 0 Å². The van der Waals surface area contributed by atoms with E-state index < -0.39 is 17.3 Å². The molecule has 0 saturated carbocycles. The molecule has 19 heavy (non-hydrogen) atoms. The minimum Gasteiger partial charge on any atom is -0.478 e. The van der Waals surface area contributed by atoms with Gasteiger partial charge in [0.1, 0.15) is 25.0 Å². The fourth-order valence-electron chi connectivity index (χ4n) is 1.61. The van der Waals surface area contributed by atoms with E-state index in [1.54, 1.807) is 13.9 Å². The number of aromatic amines is 1. The number of hydrogen-bond acceptors (Lipinski definition) is 3. The first-order valence-corrected chi connectivity index (χ1v) is 5.47. The third kappa shape index (κ3) is 2.82. The largest absolute Gasteiger partial charge is 0.478 e. The maximum Gasteiger partial charge on any atom is 0.339 e. The number of nitrogens with one attached hydrogen (secondary N) is 2. The van der Waals surface area contributed by atoms with Gasteiger partial charge in [-0.3, -0.25) is 4.79 Å². The second-order valence-corrected chi connectivity index (χ2v) is 4.02. The average molecular weight is 260 g/mol. The van der Waals surface area contributed by atoms with E-state index in [2.05, 4.69) is 10.3 Å². The number of aromatic nitrogens is 1. The Bertz CT molecular complexity index is 700. The van der Waals surface area contributed by atoms with Crippen molar-refractivity contribution in [2.24, 2.45) is 0 Å². The molecule has 1 heterocycles. The quantitative estimate of drug-likeness (QED) is 0.689. The monoisotopic (exact) mass is 260 g/mol. The maximum absolute atomic E-state index is 13.7. The van der Waals surface area contributed by atoms with Crippen LogP contribution in [0.5, 0.6) is 0 Å². The van der Waals surface area contributed by atoms with Gasteiger partial charge in [0.15, 0.2) is 0 Å². The number of anilines is 2. The van der Waals surface area contributed by atoms with E-state index in [1.165, 1.54) is 12.1 Å². The number of benzene rings is 1. The van der Waals surface area contributed by atoms with Gasteiger partial charge in [0.2, 0.25) is 5.56 Å². The second kappa shape index (κ2) is 4.97. The molecule has 0 saturated heterocycles. The van der Waals surface area contributed by atoms with Gasteiger partial charge in [0.25, 0.3) is 0 Å². The molecule has 96 valence electrons. The lowest BCUT2D eigenvalue weighted by Crippen LogP contribution is -2.13. The van der Waals surface area contributed by atoms with Crippen molar-refractivity contribution < 1.29 is 14.3 Å². The van der Waals surface area contributed by atoms with Gasteiger partial charge in [-0.25, -0.2) is 9.18 Å². The summed E-state index contributed by atoms with van der Waals surface area (Å²) in [4.78, 5) is 24.6. The van der Waals surface area contributed by atoms with Crippen LogP contribution in [-0.4, -0.2) is 23.9 Å². The summed E-state index contributed by atoms with van der Waals surface area (Å²) in [6.45, 7) is 0. The fourth-order valence-corrected chi connectivity index (χ4v) is 1.61. The molecule has 0 aliphatic carbocycles. The lowest BCUT2D eigenvalue weighted by atomic mass is 9.96. The highest BCUT2D eigenvalue weighted by Crippen LogP contribution is 2.19. The molecular weight excluding hydrogens is 250 g/mol. The van der Waals surface area contributed by atoms with Crippen LogP contribution in [0.25, 0.3) is 0 Å². The lowest BCUT2D eigenvalue weighted by molar-refractivity contribution is 0.0697. The Hall–Kier alpha value is -2.57. The Balaban J connectivity index is 2.45. The number of aromatic carboxylic acids is 1. The fraction of sp³-hybridized carbons (Fsp3) is 0. The van der Waals surface area contributed by atoms with Gasteiger partial charge in [-0.1, -0.05) is 11.5 Å². The third-order valence-electron chi connectivity index (χ3n) is 2.53. The molecular formula is C12H10BFN2O3. The van der Waals surface area contributed by atoms with Gasteiger partial charge in [-0.05, 0) is 18.2 Å². The molecule has 0 unspecified atom stereocenters. The van der Waals surface area contributed by atoms with Crippen molar-refractivity contribution in [3.63, 3.8) is 0 Å². The zero-order valence-electron chi connectivity index (χ0n) is 10.0. The van der Waals surface area contributed by atoms with Crippen LogP contribution in [0, 0.1) is 5.82 Å². The first kappa shape index (κ1) is 12.9. The summed E-state index contributed by atoms with van der Waals surface area (Å²) in [5.41, 5.74) is 0.220. The van der Waals surface area contributed by atoms with Crippen molar-refractivity contribution in [3.8, 4) is 0 Å². The molecule has 0 fully saturated rings. The smallest absolute Gasteiger partial charge is 0.339 e. The van der Waals surface area contributed by atoms with Crippen molar-refractivity contribution in [3.05, 3.63) is 52.1 Å². The van der Waals surface area contributed by atoms with Crippen LogP contribution in [-0.2, 0) is 0 Å². The summed E-state index contributed by atoms with van der Waals surface area (Å²) >= 11 is 0. The van der Waals surface area contributed by atoms with E-state index in [0.717, 1.165) is 17.6 Å². The second-order valence-electron chi connectivity index (χ2n) is 4.02. The molecule has 0 spiro atoms. The number of hydrogen-bond donors (Lipinski definition) is 3. The predicted octanol–water partition coefficient (Wildman–Crippen LogP) is 0.214. The molecule has 0 amide bonds. The molecule has 7 heteroatoms. The van der Waals surface area contributed by atoms with Crippen molar-refractivity contribution >= 4 is 30.8 Å². The predicted molar refractivity (Wildman–Crippen MR) is 71.9 cm³/mol. The lowest BCUT2D eigenvalue weighted by Gasteiger charge is -2.10. The summed E-state index contributed by atoms with van der Waals surface area (Å²) in [5.74, 6) is -1.80. The number of carboxylic acid groups (broad SMARTS) is 1. The van der Waals surface area contributed by atoms with E-state index in [1.807, 2.05) is 0 Å². The zero-order chi connectivity index (χ0) is 14.0. The minimum atomic E-state index is -1.22. The van der Waals surface area contributed by atoms with Crippen LogP contribution in [0.2, 0.25) is 0 Å². The Morgan fingerprint density at radius 3 is 2.68 bits per heavy atom. The van der Waals surface area contributed by atoms with Gasteiger partial charge in [0.05, 0.1) is 5.69 Å².